The summed E-state index contributed by atoms with van der Waals surface area (Å²) in [7, 11) is 0. The third kappa shape index (κ3) is 3.95. The molecule has 0 unspecified atom stereocenters. The Hall–Kier alpha value is -3.71. The number of nitrogens with one attached hydrogen (secondary N) is 2. The third-order valence-electron chi connectivity index (χ3n) is 4.60. The number of benzene rings is 2. The molecule has 4 rings (SSSR count). The summed E-state index contributed by atoms with van der Waals surface area (Å²) in [6.07, 6.45) is 1.51. The average Bonchev–Trinajstić information content (AvgIpc) is 2.76. The topological polar surface area (TPSA) is 92.1 Å². The summed E-state index contributed by atoms with van der Waals surface area (Å²) in [5.74, 6) is 0.349. The van der Waals surface area contributed by atoms with Crippen LogP contribution in [-0.4, -0.2) is 26.5 Å². The van der Waals surface area contributed by atoms with Crippen molar-refractivity contribution >= 4 is 22.5 Å². The molecule has 0 aliphatic heterocycles. The molecule has 7 heteroatoms. The van der Waals surface area contributed by atoms with Crippen LogP contribution in [0.2, 0.25) is 0 Å². The number of anilines is 2. The smallest absolute Gasteiger partial charge is 0.384 e. The maximum atomic E-state index is 12.0. The Balaban J connectivity index is 1.68. The first-order valence-electron chi connectivity index (χ1n) is 9.40. The lowest BCUT2D eigenvalue weighted by Gasteiger charge is -2.11. The average molecular weight is 387 g/mol. The summed E-state index contributed by atoms with van der Waals surface area (Å²) < 4.78 is 0.451. The fourth-order valence-corrected chi connectivity index (χ4v) is 3.18. The Bertz CT molecular complexity index is 1220. The molecular weight excluding hydrogens is 366 g/mol. The number of aromatic nitrogens is 3. The fraction of sp³-hybridized carbons (Fsp3) is 0.136. The minimum Gasteiger partial charge on any atom is -0.422 e. The van der Waals surface area contributed by atoms with Gasteiger partial charge in [-0.25, -0.2) is 9.78 Å². The maximum Gasteiger partial charge on any atom is 0.384 e. The zero-order valence-corrected chi connectivity index (χ0v) is 16.0. The van der Waals surface area contributed by atoms with Crippen LogP contribution in [0.3, 0.4) is 0 Å². The first-order chi connectivity index (χ1) is 14.2. The Kier molecular flexibility index (Phi) is 5.22. The molecule has 0 saturated carbocycles. The summed E-state index contributed by atoms with van der Waals surface area (Å²) in [6.45, 7) is 3.83. The minimum absolute atomic E-state index is 0.155. The van der Waals surface area contributed by atoms with E-state index < -0.39 is 5.69 Å². The van der Waals surface area contributed by atoms with E-state index in [1.165, 1.54) is 11.8 Å². The maximum absolute atomic E-state index is 12.0. The van der Waals surface area contributed by atoms with Crippen molar-refractivity contribution in [2.75, 3.05) is 11.9 Å². The molecule has 3 N–H and O–H groups in total. The molecule has 0 radical (unpaired) electrons. The molecule has 7 nitrogen and oxygen atoms in total. The predicted molar refractivity (Wildman–Crippen MR) is 114 cm³/mol. The van der Waals surface area contributed by atoms with E-state index in [1.54, 1.807) is 12.1 Å². The molecule has 0 aliphatic carbocycles. The van der Waals surface area contributed by atoms with Crippen LogP contribution in [0.25, 0.3) is 22.2 Å². The van der Waals surface area contributed by atoms with Gasteiger partial charge in [0.2, 0.25) is 0 Å². The number of hydrogen-bond donors (Lipinski definition) is 3. The van der Waals surface area contributed by atoms with E-state index in [-0.39, 0.29) is 5.65 Å². The molecule has 0 fully saturated rings. The highest BCUT2D eigenvalue weighted by molar-refractivity contribution is 5.88. The van der Waals surface area contributed by atoms with Crippen molar-refractivity contribution < 1.29 is 5.21 Å². The van der Waals surface area contributed by atoms with Crippen LogP contribution in [0.15, 0.2) is 71.7 Å². The van der Waals surface area contributed by atoms with Gasteiger partial charge in [0, 0.05) is 18.4 Å². The Morgan fingerprint density at radius 2 is 1.83 bits per heavy atom. The Morgan fingerprint density at radius 3 is 2.66 bits per heavy atom. The van der Waals surface area contributed by atoms with Gasteiger partial charge in [-0.2, -0.15) is 4.98 Å². The van der Waals surface area contributed by atoms with Crippen LogP contribution in [0, 0.1) is 0 Å². The number of rotatable bonds is 6. The molecule has 4 aromatic rings. The van der Waals surface area contributed by atoms with Gasteiger partial charge in [-0.3, -0.25) is 0 Å². The lowest BCUT2D eigenvalue weighted by atomic mass is 10.0. The number of pyridine rings is 1. The molecule has 2 aromatic heterocycles. The van der Waals surface area contributed by atoms with Crippen LogP contribution >= 0.6 is 0 Å². The third-order valence-corrected chi connectivity index (χ3v) is 4.60. The van der Waals surface area contributed by atoms with Crippen LogP contribution in [0.5, 0.6) is 0 Å². The minimum atomic E-state index is -0.786. The summed E-state index contributed by atoms with van der Waals surface area (Å²) in [5.41, 5.74) is 3.52. The molecule has 29 heavy (non-hydrogen) atoms. The molecule has 0 amide bonds. The van der Waals surface area contributed by atoms with E-state index >= 15 is 0 Å². The normalized spacial score (nSPS) is 10.9. The largest absolute Gasteiger partial charge is 0.422 e. The van der Waals surface area contributed by atoms with Crippen molar-refractivity contribution in [3.63, 3.8) is 0 Å². The highest BCUT2D eigenvalue weighted by Gasteiger charge is 2.11. The van der Waals surface area contributed by atoms with Crippen molar-refractivity contribution in [3.05, 3.63) is 82.9 Å². The van der Waals surface area contributed by atoms with E-state index in [4.69, 9.17) is 0 Å². The SMILES string of the molecule is CCNCc1cccc(-c2cccc(Nc3nc(=O)n(O)c4ncccc34)c2)c1. The fourth-order valence-electron chi connectivity index (χ4n) is 3.18. The van der Waals surface area contributed by atoms with Crippen molar-refractivity contribution in [2.45, 2.75) is 13.5 Å². The van der Waals surface area contributed by atoms with Gasteiger partial charge in [0.15, 0.2) is 5.65 Å². The molecule has 0 bridgehead atoms. The van der Waals surface area contributed by atoms with E-state index in [0.717, 1.165) is 29.9 Å². The molecule has 0 saturated heterocycles. The number of nitrogens with zero attached hydrogens (tertiary/aromatic N) is 3. The van der Waals surface area contributed by atoms with Gasteiger partial charge in [0.05, 0.1) is 5.39 Å². The first-order valence-corrected chi connectivity index (χ1v) is 9.40. The van der Waals surface area contributed by atoms with Crippen LogP contribution in [0.4, 0.5) is 11.5 Å². The second kappa shape index (κ2) is 8.12. The molecular formula is C22H21N5O2. The zero-order chi connectivity index (χ0) is 20.2. The second-order valence-electron chi connectivity index (χ2n) is 6.62. The number of fused-ring (bicyclic) bond motifs is 1. The van der Waals surface area contributed by atoms with Gasteiger partial charge in [-0.15, -0.1) is 4.73 Å². The molecule has 0 aliphatic rings. The van der Waals surface area contributed by atoms with Crippen LogP contribution < -0.4 is 16.3 Å². The van der Waals surface area contributed by atoms with Crippen molar-refractivity contribution in [1.82, 2.24) is 20.0 Å². The lowest BCUT2D eigenvalue weighted by molar-refractivity contribution is 0.182. The van der Waals surface area contributed by atoms with Gasteiger partial charge in [0.25, 0.3) is 0 Å². The molecule has 2 aromatic carbocycles. The second-order valence-corrected chi connectivity index (χ2v) is 6.62. The first kappa shape index (κ1) is 18.6. The van der Waals surface area contributed by atoms with Crippen molar-refractivity contribution in [2.24, 2.45) is 0 Å². The molecule has 0 spiro atoms. The summed E-state index contributed by atoms with van der Waals surface area (Å²) in [6, 6.07) is 19.7. The zero-order valence-electron chi connectivity index (χ0n) is 16.0. The van der Waals surface area contributed by atoms with E-state index in [0.29, 0.717) is 15.9 Å². The summed E-state index contributed by atoms with van der Waals surface area (Å²) >= 11 is 0. The Morgan fingerprint density at radius 1 is 1.03 bits per heavy atom. The Labute approximate surface area is 167 Å². The highest BCUT2D eigenvalue weighted by Crippen LogP contribution is 2.26. The highest BCUT2D eigenvalue weighted by atomic mass is 16.5. The van der Waals surface area contributed by atoms with E-state index in [2.05, 4.69) is 45.7 Å². The van der Waals surface area contributed by atoms with Gasteiger partial charge in [-0.05, 0) is 53.6 Å². The lowest BCUT2D eigenvalue weighted by Crippen LogP contribution is -2.23. The monoisotopic (exact) mass is 387 g/mol. The molecule has 146 valence electrons. The number of hydrogen-bond acceptors (Lipinski definition) is 6. The van der Waals surface area contributed by atoms with Crippen molar-refractivity contribution in [1.29, 1.82) is 0 Å². The van der Waals surface area contributed by atoms with Gasteiger partial charge in [0.1, 0.15) is 5.82 Å². The van der Waals surface area contributed by atoms with Crippen LogP contribution in [-0.2, 0) is 6.54 Å². The summed E-state index contributed by atoms with van der Waals surface area (Å²) in [5, 5.41) is 16.9. The quantitative estimate of drug-likeness (QED) is 0.438. The van der Waals surface area contributed by atoms with Crippen molar-refractivity contribution in [3.8, 4) is 11.1 Å². The van der Waals surface area contributed by atoms with E-state index in [9.17, 15) is 10.0 Å². The standard InChI is InChI=1S/C22H21N5O2/c1-2-23-14-15-6-3-7-16(12-15)17-8-4-9-18(13-17)25-20-19-10-5-11-24-21(19)27(29)22(28)26-20/h3-13,23,29H,2,14H2,1H3,(H,25,26,28). The summed E-state index contributed by atoms with van der Waals surface area (Å²) in [4.78, 5) is 20.0. The predicted octanol–water partition coefficient (Wildman–Crippen LogP) is 3.55. The molecule has 0 atom stereocenters. The van der Waals surface area contributed by atoms with E-state index in [1.807, 2.05) is 30.3 Å². The van der Waals surface area contributed by atoms with Crippen LogP contribution in [0.1, 0.15) is 12.5 Å². The van der Waals surface area contributed by atoms with Gasteiger partial charge >= 0.3 is 5.69 Å². The molecule has 2 heterocycles. The van der Waals surface area contributed by atoms with Gasteiger partial charge < -0.3 is 15.8 Å². The van der Waals surface area contributed by atoms with Gasteiger partial charge in [-0.1, -0.05) is 37.3 Å².